The summed E-state index contributed by atoms with van der Waals surface area (Å²) in [5, 5.41) is 0. The van der Waals surface area contributed by atoms with Gasteiger partial charge in [-0.05, 0) is 20.2 Å². The molecule has 0 heterocycles. The van der Waals surface area contributed by atoms with E-state index >= 15 is 0 Å². The maximum atomic E-state index is 10.9. The van der Waals surface area contributed by atoms with Crippen molar-refractivity contribution in [3.05, 3.63) is 12.2 Å². The third-order valence-electron chi connectivity index (χ3n) is 1.20. The lowest BCUT2D eigenvalue weighted by Gasteiger charge is -2.03. The second kappa shape index (κ2) is 5.10. The maximum absolute atomic E-state index is 10.9. The van der Waals surface area contributed by atoms with Crippen molar-refractivity contribution < 1.29 is 4.79 Å². The van der Waals surface area contributed by atoms with E-state index in [9.17, 15) is 4.79 Å². The van der Waals surface area contributed by atoms with Gasteiger partial charge in [0.25, 0.3) is 6.85 Å². The van der Waals surface area contributed by atoms with E-state index in [1.807, 2.05) is 25.1 Å². The van der Waals surface area contributed by atoms with Gasteiger partial charge in [-0.3, -0.25) is 0 Å². The van der Waals surface area contributed by atoms with Gasteiger partial charge >= 0.3 is 0 Å². The first-order valence-electron chi connectivity index (χ1n) is 3.64. The highest BCUT2D eigenvalue weighted by Crippen LogP contribution is 1.81. The molecule has 0 amide bonds. The summed E-state index contributed by atoms with van der Waals surface area (Å²) in [5.74, 6) is 0. The third kappa shape index (κ3) is 5.82. The van der Waals surface area contributed by atoms with Crippen LogP contribution in [0, 0.1) is 0 Å². The molecule has 4 heteroatoms. The lowest BCUT2D eigenvalue weighted by molar-refractivity contribution is -0.108. The van der Waals surface area contributed by atoms with E-state index in [2.05, 4.69) is 0 Å². The van der Waals surface area contributed by atoms with Gasteiger partial charge in [-0.25, -0.2) is 0 Å². The van der Waals surface area contributed by atoms with E-state index in [-0.39, 0.29) is 12.5 Å². The van der Waals surface area contributed by atoms with E-state index in [4.69, 9.17) is 5.64 Å². The van der Waals surface area contributed by atoms with Gasteiger partial charge in [0.05, 0.1) is 0 Å². The van der Waals surface area contributed by atoms with E-state index < -0.39 is 0 Å². The molecule has 2 N–H and O–H groups in total. The lowest BCUT2D eigenvalue weighted by Crippen LogP contribution is -2.31. The number of allylic oxidation sites excluding steroid dienone is 1. The van der Waals surface area contributed by atoms with Gasteiger partial charge in [0, 0.05) is 6.54 Å². The van der Waals surface area contributed by atoms with Gasteiger partial charge in [-0.2, -0.15) is 0 Å². The van der Waals surface area contributed by atoms with Crippen molar-refractivity contribution in [3.8, 4) is 0 Å². The lowest BCUT2D eigenvalue weighted by atomic mass is 9.62. The zero-order valence-corrected chi connectivity index (χ0v) is 7.37. The highest BCUT2D eigenvalue weighted by atomic mass is 16.1. The topological polar surface area (TPSA) is 46.3 Å². The predicted octanol–water partition coefficient (Wildman–Crippen LogP) is -0.208. The molecule has 0 spiro atoms. The molecule has 0 atom stereocenters. The van der Waals surface area contributed by atoms with Gasteiger partial charge in [-0.15, -0.1) is 0 Å². The average Bonchev–Trinajstić information content (AvgIpc) is 1.86. The fourth-order valence-corrected chi connectivity index (χ4v) is 0.531. The number of rotatable bonds is 4. The fourth-order valence-electron chi connectivity index (χ4n) is 0.531. The van der Waals surface area contributed by atoms with Gasteiger partial charge in [0.15, 0.2) is 0 Å². The molecule has 0 rings (SSSR count). The first-order chi connectivity index (χ1) is 5.04. The molecule has 0 aromatic rings. The van der Waals surface area contributed by atoms with Crippen molar-refractivity contribution in [1.29, 1.82) is 0 Å². The molecule has 0 bridgehead atoms. The van der Waals surface area contributed by atoms with Crippen molar-refractivity contribution in [2.24, 2.45) is 5.64 Å². The Morgan fingerprint density at radius 1 is 1.64 bits per heavy atom. The Morgan fingerprint density at radius 3 is 2.55 bits per heavy atom. The molecule has 0 saturated heterocycles. The van der Waals surface area contributed by atoms with Crippen LogP contribution >= 0.6 is 0 Å². The van der Waals surface area contributed by atoms with Crippen LogP contribution in [0.4, 0.5) is 0 Å². The molecule has 0 unspecified atom stereocenters. The van der Waals surface area contributed by atoms with Crippen LogP contribution in [0.5, 0.6) is 0 Å². The molecular weight excluding hydrogens is 139 g/mol. The third-order valence-corrected chi connectivity index (χ3v) is 1.20. The summed E-state index contributed by atoms with van der Waals surface area (Å²) in [6.45, 7) is 2.08. The molecule has 0 aliphatic rings. The summed E-state index contributed by atoms with van der Waals surface area (Å²) in [7, 11) is 3.89. The minimum Gasteiger partial charge on any atom is -0.363 e. The monoisotopic (exact) mass is 154 g/mol. The maximum Gasteiger partial charge on any atom is 0.300 e. The Bertz CT molecular complexity index is 155. The standard InChI is InChI=1S/C7H15BN2O/c1-8(9)7(11)5-4-6-10(2)3/h4-5H,6,9H2,1-3H3/b5-4+. The number of hydrogen-bond donors (Lipinski definition) is 1. The summed E-state index contributed by atoms with van der Waals surface area (Å²) < 4.78 is 0. The normalized spacial score (nSPS) is 11.0. The number of nitrogens with two attached hydrogens (primary N) is 1. The van der Waals surface area contributed by atoms with Gasteiger partial charge in [0.1, 0.15) is 5.68 Å². The molecule has 62 valence electrons. The molecule has 11 heavy (non-hydrogen) atoms. The highest BCUT2D eigenvalue weighted by Gasteiger charge is 2.07. The first-order valence-corrected chi connectivity index (χ1v) is 3.64. The number of likely N-dealkylation sites (N-methyl/N-ethyl adjacent to an activating group) is 1. The molecule has 0 aromatic heterocycles. The molecule has 0 saturated carbocycles. The summed E-state index contributed by atoms with van der Waals surface area (Å²) >= 11 is 0. The van der Waals surface area contributed by atoms with Crippen LogP contribution in [0.3, 0.4) is 0 Å². The second-order valence-corrected chi connectivity index (χ2v) is 2.86. The SMILES string of the molecule is CB(N)C(=O)/C=C/CN(C)C. The van der Waals surface area contributed by atoms with Crippen LogP contribution < -0.4 is 5.64 Å². The molecule has 0 aromatic carbocycles. The Kier molecular flexibility index (Phi) is 4.82. The Balaban J connectivity index is 3.66. The second-order valence-electron chi connectivity index (χ2n) is 2.86. The van der Waals surface area contributed by atoms with E-state index in [1.165, 1.54) is 6.08 Å². The minimum atomic E-state index is -0.381. The quantitative estimate of drug-likeness (QED) is 0.450. The largest absolute Gasteiger partial charge is 0.363 e. The van der Waals surface area contributed by atoms with Gasteiger partial charge < -0.3 is 15.3 Å². The molecule has 0 fully saturated rings. The Morgan fingerprint density at radius 2 is 2.18 bits per heavy atom. The summed E-state index contributed by atoms with van der Waals surface area (Å²) in [6, 6.07) is 0. The first kappa shape index (κ1) is 10.4. The summed E-state index contributed by atoms with van der Waals surface area (Å²) in [6.07, 6.45) is 3.34. The summed E-state index contributed by atoms with van der Waals surface area (Å²) in [5.41, 5.74) is 5.32. The van der Waals surface area contributed by atoms with Crippen molar-refractivity contribution in [2.75, 3.05) is 20.6 Å². The molecule has 0 aliphatic carbocycles. The number of hydrogen-bond acceptors (Lipinski definition) is 3. The minimum absolute atomic E-state index is 0.0214. The molecule has 3 nitrogen and oxygen atoms in total. The predicted molar refractivity (Wildman–Crippen MR) is 48.5 cm³/mol. The number of carbonyl (C=O) groups is 1. The summed E-state index contributed by atoms with van der Waals surface area (Å²) in [4.78, 5) is 12.9. The smallest absolute Gasteiger partial charge is 0.300 e. The van der Waals surface area contributed by atoms with Crippen LogP contribution in [0.1, 0.15) is 0 Å². The number of nitrogens with zero attached hydrogens (tertiary/aromatic N) is 1. The van der Waals surface area contributed by atoms with Gasteiger partial charge in [0.2, 0.25) is 0 Å². The fraction of sp³-hybridized carbons (Fsp3) is 0.571. The molecule has 0 radical (unpaired) electrons. The highest BCUT2D eigenvalue weighted by molar-refractivity contribution is 6.88. The van der Waals surface area contributed by atoms with Crippen LogP contribution in [0.15, 0.2) is 12.2 Å². The van der Waals surface area contributed by atoms with E-state index in [1.54, 1.807) is 6.82 Å². The van der Waals surface area contributed by atoms with Crippen molar-refractivity contribution in [1.82, 2.24) is 4.90 Å². The zero-order valence-electron chi connectivity index (χ0n) is 7.37. The van der Waals surface area contributed by atoms with Gasteiger partial charge in [-0.1, -0.05) is 12.9 Å². The molecular formula is C7H15BN2O. The Labute approximate surface area is 68.3 Å². The number of carbonyl (C=O) groups excluding carboxylic acids is 1. The molecule has 0 aliphatic heterocycles. The van der Waals surface area contributed by atoms with Crippen LogP contribution in [-0.2, 0) is 4.79 Å². The van der Waals surface area contributed by atoms with Crippen LogP contribution in [-0.4, -0.2) is 38.1 Å². The van der Waals surface area contributed by atoms with Crippen LogP contribution in [0.2, 0.25) is 6.82 Å². The van der Waals surface area contributed by atoms with Crippen molar-refractivity contribution in [3.63, 3.8) is 0 Å². The Hall–Kier alpha value is -0.605. The zero-order chi connectivity index (χ0) is 8.85. The van der Waals surface area contributed by atoms with Crippen LogP contribution in [0.25, 0.3) is 0 Å². The van der Waals surface area contributed by atoms with Crippen molar-refractivity contribution >= 4 is 12.5 Å². The van der Waals surface area contributed by atoms with E-state index in [0.717, 1.165) is 6.54 Å². The van der Waals surface area contributed by atoms with Crippen molar-refractivity contribution in [2.45, 2.75) is 6.82 Å². The van der Waals surface area contributed by atoms with E-state index in [0.29, 0.717) is 0 Å². The average molecular weight is 154 g/mol.